The molecule has 0 saturated heterocycles. The number of aromatic nitrogens is 1. The molecule has 4 rings (SSSR count). The molecular weight excluding hydrogens is 468 g/mol. The van der Waals surface area contributed by atoms with Gasteiger partial charge in [-0.05, 0) is 59.2 Å². The van der Waals surface area contributed by atoms with Crippen molar-refractivity contribution in [2.75, 3.05) is 6.54 Å². The van der Waals surface area contributed by atoms with Gasteiger partial charge >= 0.3 is 0 Å². The van der Waals surface area contributed by atoms with Gasteiger partial charge in [0.25, 0.3) is 5.91 Å². The normalized spacial score (nSPS) is 13.0. The number of benzene rings is 2. The van der Waals surface area contributed by atoms with Crippen LogP contribution >= 0.6 is 11.3 Å². The molecule has 0 aliphatic rings. The van der Waals surface area contributed by atoms with E-state index in [1.807, 2.05) is 23.6 Å². The summed E-state index contributed by atoms with van der Waals surface area (Å²) in [5.41, 5.74) is 3.80. The maximum Gasteiger partial charge on any atom is 0.253 e. The molecule has 0 aliphatic carbocycles. The number of carbonyl (C=O) groups is 1. The summed E-state index contributed by atoms with van der Waals surface area (Å²) in [4.78, 5) is 17.3. The Morgan fingerprint density at radius 2 is 1.83 bits per heavy atom. The van der Waals surface area contributed by atoms with Crippen molar-refractivity contribution in [2.45, 2.75) is 38.5 Å². The second kappa shape index (κ2) is 11.5. The fourth-order valence-electron chi connectivity index (χ4n) is 3.95. The lowest BCUT2D eigenvalue weighted by Crippen LogP contribution is -2.48. The van der Waals surface area contributed by atoms with Gasteiger partial charge in [-0.3, -0.25) is 9.78 Å². The molecule has 0 spiro atoms. The van der Waals surface area contributed by atoms with Gasteiger partial charge in [0.1, 0.15) is 11.6 Å². The van der Waals surface area contributed by atoms with E-state index in [4.69, 9.17) is 0 Å². The molecular formula is C27H27F2N3O2S. The number of nitrogens with one attached hydrogen (secondary N) is 2. The minimum Gasteiger partial charge on any atom is -0.390 e. The van der Waals surface area contributed by atoms with Gasteiger partial charge in [0.05, 0.1) is 27.9 Å². The van der Waals surface area contributed by atoms with E-state index in [9.17, 15) is 18.7 Å². The Labute approximate surface area is 206 Å². The summed E-state index contributed by atoms with van der Waals surface area (Å²) >= 11 is 1.48. The van der Waals surface area contributed by atoms with E-state index in [2.05, 4.69) is 34.7 Å². The Bertz CT molecular complexity index is 1290. The van der Waals surface area contributed by atoms with Gasteiger partial charge in [0.2, 0.25) is 0 Å². The zero-order chi connectivity index (χ0) is 24.8. The largest absolute Gasteiger partial charge is 0.390 e. The van der Waals surface area contributed by atoms with Gasteiger partial charge in [0, 0.05) is 25.4 Å². The highest BCUT2D eigenvalue weighted by atomic mass is 32.1. The molecule has 0 radical (unpaired) electrons. The molecule has 0 bridgehead atoms. The molecule has 35 heavy (non-hydrogen) atoms. The maximum absolute atomic E-state index is 13.8. The monoisotopic (exact) mass is 495 g/mol. The Morgan fingerprint density at radius 3 is 2.60 bits per heavy atom. The number of aryl methyl sites for hydroxylation is 1. The summed E-state index contributed by atoms with van der Waals surface area (Å²) in [7, 11) is 0. The number of fused-ring (bicyclic) bond motifs is 1. The molecule has 182 valence electrons. The van der Waals surface area contributed by atoms with Crippen LogP contribution in [-0.4, -0.2) is 34.7 Å². The van der Waals surface area contributed by atoms with E-state index in [0.717, 1.165) is 28.3 Å². The third-order valence-corrected chi connectivity index (χ3v) is 6.66. The lowest BCUT2D eigenvalue weighted by atomic mass is 10.00. The van der Waals surface area contributed by atoms with E-state index in [0.29, 0.717) is 17.7 Å². The fourth-order valence-corrected chi connectivity index (χ4v) is 4.73. The summed E-state index contributed by atoms with van der Waals surface area (Å²) < 4.78 is 28.4. The van der Waals surface area contributed by atoms with E-state index in [1.165, 1.54) is 35.2 Å². The Hall–Kier alpha value is -3.20. The molecule has 0 fully saturated rings. The first-order valence-corrected chi connectivity index (χ1v) is 12.3. The van der Waals surface area contributed by atoms with Gasteiger partial charge in [-0.25, -0.2) is 8.78 Å². The van der Waals surface area contributed by atoms with Crippen LogP contribution in [0.25, 0.3) is 10.2 Å². The number of aliphatic hydroxyl groups excluding tert-OH is 1. The average Bonchev–Trinajstić information content (AvgIpc) is 3.31. The Morgan fingerprint density at radius 1 is 1.06 bits per heavy atom. The van der Waals surface area contributed by atoms with Crippen molar-refractivity contribution >= 4 is 27.5 Å². The molecule has 2 atom stereocenters. The number of halogens is 2. The zero-order valence-electron chi connectivity index (χ0n) is 19.3. The topological polar surface area (TPSA) is 74.2 Å². The number of aliphatic hydroxyl groups is 1. The molecule has 2 aromatic carbocycles. The summed E-state index contributed by atoms with van der Waals surface area (Å²) in [6, 6.07) is 14.2. The predicted molar refractivity (Wildman–Crippen MR) is 134 cm³/mol. The highest BCUT2D eigenvalue weighted by Crippen LogP contribution is 2.20. The number of amides is 1. The molecule has 1 amide bonds. The van der Waals surface area contributed by atoms with Crippen LogP contribution < -0.4 is 10.6 Å². The van der Waals surface area contributed by atoms with E-state index in [-0.39, 0.29) is 13.0 Å². The van der Waals surface area contributed by atoms with Crippen LogP contribution in [-0.2, 0) is 19.4 Å². The summed E-state index contributed by atoms with van der Waals surface area (Å²) in [5.74, 6) is -1.83. The van der Waals surface area contributed by atoms with Crippen molar-refractivity contribution in [3.8, 4) is 0 Å². The highest BCUT2D eigenvalue weighted by molar-refractivity contribution is 7.17. The molecule has 5 nitrogen and oxygen atoms in total. The van der Waals surface area contributed by atoms with Crippen LogP contribution in [0, 0.1) is 11.6 Å². The molecule has 3 N–H and O–H groups in total. The van der Waals surface area contributed by atoms with Crippen LogP contribution in [0.1, 0.15) is 34.0 Å². The first kappa shape index (κ1) is 24.9. The average molecular weight is 496 g/mol. The molecule has 0 unspecified atom stereocenters. The predicted octanol–water partition coefficient (Wildman–Crippen LogP) is 4.63. The maximum atomic E-state index is 13.8. The Kier molecular flexibility index (Phi) is 8.17. The highest BCUT2D eigenvalue weighted by Gasteiger charge is 2.23. The van der Waals surface area contributed by atoms with E-state index < -0.39 is 29.7 Å². The lowest BCUT2D eigenvalue weighted by Gasteiger charge is -2.25. The van der Waals surface area contributed by atoms with Crippen molar-refractivity contribution in [2.24, 2.45) is 0 Å². The second-order valence-electron chi connectivity index (χ2n) is 8.46. The molecule has 0 saturated carbocycles. The number of hydrogen-bond acceptors (Lipinski definition) is 5. The number of hydrogen-bond donors (Lipinski definition) is 3. The number of carbonyl (C=O) groups excluding carboxylic acids is 1. The first-order chi connectivity index (χ1) is 16.9. The number of pyridine rings is 1. The molecule has 8 heteroatoms. The quantitative estimate of drug-likeness (QED) is 0.300. The van der Waals surface area contributed by atoms with Crippen molar-refractivity contribution in [1.82, 2.24) is 15.6 Å². The zero-order valence-corrected chi connectivity index (χ0v) is 20.1. The van der Waals surface area contributed by atoms with Gasteiger partial charge in [-0.1, -0.05) is 31.2 Å². The van der Waals surface area contributed by atoms with Gasteiger partial charge in [0.15, 0.2) is 0 Å². The van der Waals surface area contributed by atoms with Crippen molar-refractivity contribution in [3.63, 3.8) is 0 Å². The van der Waals surface area contributed by atoms with E-state index in [1.54, 1.807) is 6.07 Å². The summed E-state index contributed by atoms with van der Waals surface area (Å²) in [5, 5.41) is 18.9. The Balaban J connectivity index is 1.47. The SMILES string of the molecule is CCc1cccc(CNC[C@@H](O)[C@H](Cc2cc(F)cc(F)c2)NC(=O)c2cnc3ccsc3c2)c1. The lowest BCUT2D eigenvalue weighted by molar-refractivity contribution is 0.0829. The standard InChI is InChI=1S/C27H27F2N3O2S/c1-2-17-4-3-5-18(8-17)14-30-16-25(33)24(11-19-9-21(28)13-22(29)10-19)32-27(34)20-12-26-23(31-15-20)6-7-35-26/h3-10,12-13,15,24-25,30,33H,2,11,14,16H2,1H3,(H,32,34)/t24-,25+/m0/s1. The summed E-state index contributed by atoms with van der Waals surface area (Å²) in [6.07, 6.45) is 1.47. The molecule has 4 aromatic rings. The first-order valence-electron chi connectivity index (χ1n) is 11.5. The van der Waals surface area contributed by atoms with Crippen molar-refractivity contribution < 1.29 is 18.7 Å². The van der Waals surface area contributed by atoms with Crippen LogP contribution in [0.2, 0.25) is 0 Å². The third-order valence-electron chi connectivity index (χ3n) is 5.81. The second-order valence-corrected chi connectivity index (χ2v) is 9.41. The van der Waals surface area contributed by atoms with E-state index >= 15 is 0 Å². The molecule has 2 aromatic heterocycles. The smallest absolute Gasteiger partial charge is 0.253 e. The summed E-state index contributed by atoms with van der Waals surface area (Å²) in [6.45, 7) is 2.81. The molecule has 0 aliphatic heterocycles. The van der Waals surface area contributed by atoms with Crippen LogP contribution in [0.4, 0.5) is 8.78 Å². The van der Waals surface area contributed by atoms with Crippen molar-refractivity contribution in [3.05, 3.63) is 100 Å². The van der Waals surface area contributed by atoms with Crippen LogP contribution in [0.5, 0.6) is 0 Å². The molecule has 2 heterocycles. The van der Waals surface area contributed by atoms with Gasteiger partial charge in [-0.15, -0.1) is 11.3 Å². The van der Waals surface area contributed by atoms with Crippen molar-refractivity contribution in [1.29, 1.82) is 0 Å². The van der Waals surface area contributed by atoms with Gasteiger partial charge < -0.3 is 15.7 Å². The minimum atomic E-state index is -1.00. The van der Waals surface area contributed by atoms with Crippen LogP contribution in [0.3, 0.4) is 0 Å². The van der Waals surface area contributed by atoms with Gasteiger partial charge in [-0.2, -0.15) is 0 Å². The number of rotatable bonds is 10. The fraction of sp³-hybridized carbons (Fsp3) is 0.259. The van der Waals surface area contributed by atoms with Crippen LogP contribution in [0.15, 0.2) is 66.2 Å². The number of nitrogens with zero attached hydrogens (tertiary/aromatic N) is 1. The third kappa shape index (κ3) is 6.69. The minimum absolute atomic E-state index is 0.0588. The number of thiophene rings is 1.